The Morgan fingerprint density at radius 1 is 1.77 bits per heavy atom. The quantitative estimate of drug-likeness (QED) is 0.464. The van der Waals surface area contributed by atoms with Gasteiger partial charge in [-0.3, -0.25) is 4.79 Å². The molecule has 0 spiro atoms. The first kappa shape index (κ1) is 8.49. The number of carbonyl (C=O) groups excluding carboxylic acids is 1. The zero-order valence-electron chi connectivity index (χ0n) is 7.92. The van der Waals surface area contributed by atoms with Crippen LogP contribution in [0.5, 0.6) is 0 Å². The molecular formula is C12H14O. The van der Waals surface area contributed by atoms with Gasteiger partial charge in [-0.1, -0.05) is 30.4 Å². The lowest BCUT2D eigenvalue weighted by molar-refractivity contribution is -0.121. The highest BCUT2D eigenvalue weighted by Gasteiger charge is 2.47. The second-order valence-electron chi connectivity index (χ2n) is 3.93. The van der Waals surface area contributed by atoms with Gasteiger partial charge in [0.05, 0.1) is 5.41 Å². The molecule has 0 aromatic rings. The van der Waals surface area contributed by atoms with Gasteiger partial charge < -0.3 is 0 Å². The summed E-state index contributed by atoms with van der Waals surface area (Å²) in [5.74, 6) is 0.706. The van der Waals surface area contributed by atoms with E-state index >= 15 is 0 Å². The molecule has 13 heavy (non-hydrogen) atoms. The van der Waals surface area contributed by atoms with E-state index in [0.717, 1.165) is 12.8 Å². The van der Waals surface area contributed by atoms with Crippen molar-refractivity contribution in [2.75, 3.05) is 0 Å². The molecule has 0 amide bonds. The molecular weight excluding hydrogens is 160 g/mol. The number of fused-ring (bicyclic) bond motifs is 2. The third-order valence-corrected chi connectivity index (χ3v) is 3.27. The second kappa shape index (κ2) is 2.69. The molecule has 0 aromatic carbocycles. The standard InChI is InChI=1S/C12H14O/c1-3-9-7-12(11(13)4-2)6-5-10(9)8-12/h3-6,10H,2,7-8H2,1H3. The van der Waals surface area contributed by atoms with Gasteiger partial charge in [-0.05, 0) is 31.8 Å². The van der Waals surface area contributed by atoms with E-state index in [1.54, 1.807) is 0 Å². The molecule has 1 heteroatoms. The molecule has 1 saturated carbocycles. The summed E-state index contributed by atoms with van der Waals surface area (Å²) in [5.41, 5.74) is 1.20. The fourth-order valence-electron chi connectivity index (χ4n) is 2.50. The molecule has 0 radical (unpaired) electrons. The van der Waals surface area contributed by atoms with Crippen LogP contribution in [0.15, 0.2) is 36.5 Å². The fourth-order valence-corrected chi connectivity index (χ4v) is 2.50. The highest BCUT2D eigenvalue weighted by molar-refractivity contribution is 5.97. The second-order valence-corrected chi connectivity index (χ2v) is 3.93. The number of ketones is 1. The Balaban J connectivity index is 2.35. The molecule has 0 aliphatic heterocycles. The van der Waals surface area contributed by atoms with Gasteiger partial charge in [-0.2, -0.15) is 0 Å². The van der Waals surface area contributed by atoms with Crippen molar-refractivity contribution in [3.05, 3.63) is 36.5 Å². The molecule has 2 unspecified atom stereocenters. The SMILES string of the molecule is C=CC(=O)C12C=CC(C1)C(=CC)C2. The molecule has 2 bridgehead atoms. The van der Waals surface area contributed by atoms with Crippen LogP contribution in [0.25, 0.3) is 0 Å². The Kier molecular flexibility index (Phi) is 1.76. The molecule has 2 aliphatic carbocycles. The molecule has 2 atom stereocenters. The normalized spacial score (nSPS) is 38.5. The van der Waals surface area contributed by atoms with Crippen molar-refractivity contribution in [1.82, 2.24) is 0 Å². The highest BCUT2D eigenvalue weighted by atomic mass is 16.1. The molecule has 0 saturated heterocycles. The summed E-state index contributed by atoms with van der Waals surface area (Å²) in [6.45, 7) is 5.62. The van der Waals surface area contributed by atoms with Crippen LogP contribution in [0.1, 0.15) is 19.8 Å². The summed E-state index contributed by atoms with van der Waals surface area (Å²) in [4.78, 5) is 11.7. The molecule has 1 nitrogen and oxygen atoms in total. The van der Waals surface area contributed by atoms with Crippen LogP contribution in [-0.4, -0.2) is 5.78 Å². The summed E-state index contributed by atoms with van der Waals surface area (Å²) < 4.78 is 0. The van der Waals surface area contributed by atoms with E-state index in [1.807, 2.05) is 0 Å². The number of rotatable bonds is 2. The highest BCUT2D eigenvalue weighted by Crippen LogP contribution is 2.52. The van der Waals surface area contributed by atoms with Crippen molar-refractivity contribution in [3.8, 4) is 0 Å². The van der Waals surface area contributed by atoms with Crippen LogP contribution < -0.4 is 0 Å². The van der Waals surface area contributed by atoms with Crippen molar-refractivity contribution in [2.45, 2.75) is 19.8 Å². The van der Waals surface area contributed by atoms with Gasteiger partial charge in [0.2, 0.25) is 0 Å². The number of allylic oxidation sites excluding steroid dienone is 5. The van der Waals surface area contributed by atoms with Gasteiger partial charge in [-0.15, -0.1) is 0 Å². The Bertz CT molecular complexity index is 322. The Morgan fingerprint density at radius 3 is 3.08 bits per heavy atom. The lowest BCUT2D eigenvalue weighted by Crippen LogP contribution is -2.22. The predicted octanol–water partition coefficient (Wildman–Crippen LogP) is 2.65. The van der Waals surface area contributed by atoms with Crippen molar-refractivity contribution >= 4 is 5.78 Å². The zero-order valence-corrected chi connectivity index (χ0v) is 7.92. The Labute approximate surface area is 78.8 Å². The average molecular weight is 174 g/mol. The predicted molar refractivity (Wildman–Crippen MR) is 53.3 cm³/mol. The molecule has 0 aromatic heterocycles. The first-order chi connectivity index (χ1) is 6.22. The van der Waals surface area contributed by atoms with Gasteiger partial charge >= 0.3 is 0 Å². The van der Waals surface area contributed by atoms with Crippen molar-refractivity contribution < 1.29 is 4.79 Å². The van der Waals surface area contributed by atoms with Crippen LogP contribution >= 0.6 is 0 Å². The van der Waals surface area contributed by atoms with E-state index < -0.39 is 0 Å². The van der Waals surface area contributed by atoms with Crippen molar-refractivity contribution in [1.29, 1.82) is 0 Å². The van der Waals surface area contributed by atoms with Crippen LogP contribution in [0, 0.1) is 11.3 Å². The lowest BCUT2D eigenvalue weighted by atomic mass is 9.82. The molecule has 0 N–H and O–H groups in total. The molecule has 2 aliphatic rings. The first-order valence-electron chi connectivity index (χ1n) is 4.73. The van der Waals surface area contributed by atoms with E-state index in [4.69, 9.17) is 0 Å². The van der Waals surface area contributed by atoms with Gasteiger partial charge in [-0.25, -0.2) is 0 Å². The molecule has 2 rings (SSSR count). The minimum absolute atomic E-state index is 0.183. The third-order valence-electron chi connectivity index (χ3n) is 3.27. The third kappa shape index (κ3) is 1.03. The van der Waals surface area contributed by atoms with Gasteiger partial charge in [0.25, 0.3) is 0 Å². The summed E-state index contributed by atoms with van der Waals surface area (Å²) in [6.07, 6.45) is 9.74. The molecule has 68 valence electrons. The Morgan fingerprint density at radius 2 is 2.54 bits per heavy atom. The smallest absolute Gasteiger partial charge is 0.165 e. The summed E-state index contributed by atoms with van der Waals surface area (Å²) >= 11 is 0. The van der Waals surface area contributed by atoms with Gasteiger partial charge in [0.1, 0.15) is 0 Å². The largest absolute Gasteiger partial charge is 0.294 e. The van der Waals surface area contributed by atoms with Crippen LogP contribution in [0.3, 0.4) is 0 Å². The lowest BCUT2D eigenvalue weighted by Gasteiger charge is -2.19. The van der Waals surface area contributed by atoms with Gasteiger partial charge in [0.15, 0.2) is 5.78 Å². The monoisotopic (exact) mass is 174 g/mol. The van der Waals surface area contributed by atoms with Crippen LogP contribution in [-0.2, 0) is 4.79 Å². The maximum atomic E-state index is 11.7. The van der Waals surface area contributed by atoms with Crippen LogP contribution in [0.4, 0.5) is 0 Å². The van der Waals surface area contributed by atoms with E-state index in [9.17, 15) is 4.79 Å². The first-order valence-corrected chi connectivity index (χ1v) is 4.73. The maximum absolute atomic E-state index is 11.7. The zero-order chi connectivity index (χ0) is 9.47. The van der Waals surface area contributed by atoms with E-state index in [1.165, 1.54) is 11.6 Å². The Hall–Kier alpha value is -1.11. The van der Waals surface area contributed by atoms with E-state index in [-0.39, 0.29) is 11.2 Å². The molecule has 1 fully saturated rings. The maximum Gasteiger partial charge on any atom is 0.165 e. The van der Waals surface area contributed by atoms with Crippen LogP contribution in [0.2, 0.25) is 0 Å². The summed E-state index contributed by atoms with van der Waals surface area (Å²) in [5, 5.41) is 0. The average Bonchev–Trinajstić information content (AvgIpc) is 2.74. The number of hydrogen-bond donors (Lipinski definition) is 0. The van der Waals surface area contributed by atoms with Crippen molar-refractivity contribution in [3.63, 3.8) is 0 Å². The van der Waals surface area contributed by atoms with E-state index in [2.05, 4.69) is 31.7 Å². The van der Waals surface area contributed by atoms with Gasteiger partial charge in [0, 0.05) is 0 Å². The minimum atomic E-state index is -0.214. The van der Waals surface area contributed by atoms with E-state index in [0.29, 0.717) is 5.92 Å². The summed E-state index contributed by atoms with van der Waals surface area (Å²) in [7, 11) is 0. The fraction of sp³-hybridized carbons (Fsp3) is 0.417. The van der Waals surface area contributed by atoms with Crippen molar-refractivity contribution in [2.24, 2.45) is 11.3 Å². The molecule has 0 heterocycles. The number of carbonyl (C=O) groups is 1. The number of hydrogen-bond acceptors (Lipinski definition) is 1. The topological polar surface area (TPSA) is 17.1 Å². The minimum Gasteiger partial charge on any atom is -0.294 e. The summed E-state index contributed by atoms with van der Waals surface area (Å²) in [6, 6.07) is 0.